The normalized spacial score (nSPS) is 17.5. The molecule has 1 saturated heterocycles. The summed E-state index contributed by atoms with van der Waals surface area (Å²) in [6.07, 6.45) is 5.15. The van der Waals surface area contributed by atoms with Crippen molar-refractivity contribution in [2.24, 2.45) is 0 Å². The van der Waals surface area contributed by atoms with Gasteiger partial charge in [-0.3, -0.25) is 4.18 Å². The van der Waals surface area contributed by atoms with Crippen molar-refractivity contribution in [2.45, 2.75) is 84.0 Å². The molecule has 0 spiro atoms. The summed E-state index contributed by atoms with van der Waals surface area (Å²) in [7, 11) is -5.53. The number of rotatable bonds is 14. The molecule has 1 aliphatic rings. The SMILES string of the molecule is C[C@@H](COCCOCCn1ncc(-c2nn(C3CCCCO3)c3ccc(O[Si](C)(C)C(C)(C)C)cc23)n1)OS(C)(=O)=O. The molecule has 1 aromatic carbocycles. The van der Waals surface area contributed by atoms with Crippen LogP contribution in [0.1, 0.15) is 53.2 Å². The molecule has 42 heavy (non-hydrogen) atoms. The van der Waals surface area contributed by atoms with E-state index in [0.717, 1.165) is 54.5 Å². The third-order valence-electron chi connectivity index (χ3n) is 7.56. The van der Waals surface area contributed by atoms with Crippen molar-refractivity contribution >= 4 is 29.3 Å². The Balaban J connectivity index is 1.43. The van der Waals surface area contributed by atoms with Gasteiger partial charge < -0.3 is 18.6 Å². The number of ether oxygens (including phenoxy) is 3. The summed E-state index contributed by atoms with van der Waals surface area (Å²) in [5, 5.41) is 15.2. The van der Waals surface area contributed by atoms with E-state index in [2.05, 4.69) is 51.1 Å². The van der Waals surface area contributed by atoms with Crippen molar-refractivity contribution in [3.63, 3.8) is 0 Å². The molecular formula is C28H45N5O7SSi. The molecule has 3 heterocycles. The fourth-order valence-electron chi connectivity index (χ4n) is 4.41. The minimum Gasteiger partial charge on any atom is -0.543 e. The zero-order chi connectivity index (χ0) is 30.5. The van der Waals surface area contributed by atoms with Crippen LogP contribution in [0, 0.1) is 0 Å². The van der Waals surface area contributed by atoms with E-state index in [-0.39, 0.29) is 17.9 Å². The first kappa shape index (κ1) is 32.5. The van der Waals surface area contributed by atoms with Crippen LogP contribution in [0.2, 0.25) is 18.1 Å². The molecule has 0 aliphatic carbocycles. The van der Waals surface area contributed by atoms with Gasteiger partial charge in [-0.05, 0) is 62.5 Å². The largest absolute Gasteiger partial charge is 0.543 e. The van der Waals surface area contributed by atoms with Crippen molar-refractivity contribution in [3.05, 3.63) is 24.4 Å². The van der Waals surface area contributed by atoms with Crippen LogP contribution in [0.5, 0.6) is 5.75 Å². The minimum absolute atomic E-state index is 0.0763. The van der Waals surface area contributed by atoms with Gasteiger partial charge in [0.15, 0.2) is 6.23 Å². The molecule has 1 unspecified atom stereocenters. The van der Waals surface area contributed by atoms with Crippen LogP contribution in [0.15, 0.2) is 24.4 Å². The molecule has 3 aromatic rings. The summed E-state index contributed by atoms with van der Waals surface area (Å²) < 4.78 is 52.9. The van der Waals surface area contributed by atoms with Crippen molar-refractivity contribution in [1.29, 1.82) is 0 Å². The van der Waals surface area contributed by atoms with Gasteiger partial charge in [0.1, 0.15) is 17.1 Å². The van der Waals surface area contributed by atoms with Crippen LogP contribution in [0.25, 0.3) is 22.3 Å². The van der Waals surface area contributed by atoms with E-state index in [9.17, 15) is 8.42 Å². The molecule has 0 N–H and O–H groups in total. The molecule has 14 heteroatoms. The predicted molar refractivity (Wildman–Crippen MR) is 162 cm³/mol. The predicted octanol–water partition coefficient (Wildman–Crippen LogP) is 4.78. The molecule has 2 aromatic heterocycles. The standard InChI is InChI=1S/C28H45N5O7SSi/c1-21(39-41(5,34)35)20-37-17-16-36-15-13-32-29-19-24(30-32)27-23-18-22(40-42(6,7)28(2,3)4)11-12-25(23)33(31-27)26-10-8-9-14-38-26/h11-12,18-19,21,26H,8-10,13-17,20H2,1-7H3/t21-,26?/m0/s1. The van der Waals surface area contributed by atoms with Gasteiger partial charge in [-0.1, -0.05) is 20.8 Å². The summed E-state index contributed by atoms with van der Waals surface area (Å²) in [5.41, 5.74) is 2.39. The topological polar surface area (TPSA) is 129 Å². The second-order valence-corrected chi connectivity index (χ2v) is 18.6. The molecule has 4 rings (SSSR count). The van der Waals surface area contributed by atoms with Gasteiger partial charge in [0.25, 0.3) is 10.1 Å². The van der Waals surface area contributed by atoms with E-state index in [1.807, 2.05) is 10.7 Å². The number of nitrogens with zero attached hydrogens (tertiary/aromatic N) is 5. The van der Waals surface area contributed by atoms with Crippen LogP contribution < -0.4 is 4.43 Å². The minimum atomic E-state index is -3.50. The van der Waals surface area contributed by atoms with Gasteiger partial charge >= 0.3 is 0 Å². The lowest BCUT2D eigenvalue weighted by molar-refractivity contribution is -0.0365. The van der Waals surface area contributed by atoms with Crippen molar-refractivity contribution in [3.8, 4) is 17.1 Å². The van der Waals surface area contributed by atoms with E-state index in [4.69, 9.17) is 33.0 Å². The highest BCUT2D eigenvalue weighted by Crippen LogP contribution is 2.39. The quantitative estimate of drug-likeness (QED) is 0.141. The lowest BCUT2D eigenvalue weighted by atomic mass is 10.1. The molecule has 0 radical (unpaired) electrons. The maximum absolute atomic E-state index is 11.1. The van der Waals surface area contributed by atoms with E-state index in [1.165, 1.54) is 0 Å². The summed E-state index contributed by atoms with van der Waals surface area (Å²) in [4.78, 5) is 1.59. The zero-order valence-corrected chi connectivity index (χ0v) is 27.6. The van der Waals surface area contributed by atoms with E-state index in [0.29, 0.717) is 32.1 Å². The monoisotopic (exact) mass is 623 g/mol. The Kier molecular flexibility index (Phi) is 10.5. The van der Waals surface area contributed by atoms with Gasteiger partial charge in [-0.25, -0.2) is 4.68 Å². The third-order valence-corrected chi connectivity index (χ3v) is 12.6. The highest BCUT2D eigenvalue weighted by atomic mass is 32.2. The zero-order valence-electron chi connectivity index (χ0n) is 25.8. The highest BCUT2D eigenvalue weighted by Gasteiger charge is 2.39. The smallest absolute Gasteiger partial charge is 0.264 e. The Labute approximate surface area is 249 Å². The maximum atomic E-state index is 11.1. The summed E-state index contributed by atoms with van der Waals surface area (Å²) in [6, 6.07) is 6.17. The second kappa shape index (κ2) is 13.5. The van der Waals surface area contributed by atoms with Gasteiger partial charge in [-0.2, -0.15) is 28.5 Å². The van der Waals surface area contributed by atoms with Gasteiger partial charge in [0.05, 0.1) is 57.0 Å². The summed E-state index contributed by atoms with van der Waals surface area (Å²) >= 11 is 0. The Morgan fingerprint density at radius 2 is 1.88 bits per heavy atom. The van der Waals surface area contributed by atoms with E-state index < -0.39 is 24.5 Å². The number of benzene rings is 1. The van der Waals surface area contributed by atoms with Gasteiger partial charge in [-0.15, -0.1) is 0 Å². The number of hydrogen-bond donors (Lipinski definition) is 0. The summed E-state index contributed by atoms with van der Waals surface area (Å²) in [5.74, 6) is 0.833. The Morgan fingerprint density at radius 3 is 2.57 bits per heavy atom. The Hall–Kier alpha value is -2.36. The number of hydrogen-bond acceptors (Lipinski definition) is 10. The fraction of sp³-hybridized carbons (Fsp3) is 0.679. The highest BCUT2D eigenvalue weighted by molar-refractivity contribution is 7.86. The maximum Gasteiger partial charge on any atom is 0.264 e. The van der Waals surface area contributed by atoms with E-state index >= 15 is 0 Å². The molecule has 0 amide bonds. The van der Waals surface area contributed by atoms with Crippen LogP contribution >= 0.6 is 0 Å². The number of fused-ring (bicyclic) bond motifs is 1. The van der Waals surface area contributed by atoms with Crippen LogP contribution in [-0.2, 0) is 35.1 Å². The van der Waals surface area contributed by atoms with E-state index in [1.54, 1.807) is 17.9 Å². The molecule has 1 aliphatic heterocycles. The first-order valence-electron chi connectivity index (χ1n) is 14.5. The van der Waals surface area contributed by atoms with Gasteiger partial charge in [0, 0.05) is 12.0 Å². The third kappa shape index (κ3) is 8.60. The fourth-order valence-corrected chi connectivity index (χ4v) is 6.09. The van der Waals surface area contributed by atoms with Crippen LogP contribution in [0.3, 0.4) is 0 Å². The lowest BCUT2D eigenvalue weighted by Gasteiger charge is -2.36. The summed E-state index contributed by atoms with van der Waals surface area (Å²) in [6.45, 7) is 15.2. The first-order chi connectivity index (χ1) is 19.7. The lowest BCUT2D eigenvalue weighted by Crippen LogP contribution is -2.43. The second-order valence-electron chi connectivity index (χ2n) is 12.3. The van der Waals surface area contributed by atoms with Gasteiger partial charge in [0.2, 0.25) is 8.32 Å². The molecule has 0 saturated carbocycles. The Morgan fingerprint density at radius 1 is 1.12 bits per heavy atom. The molecule has 0 bridgehead atoms. The molecule has 12 nitrogen and oxygen atoms in total. The molecule has 2 atom stereocenters. The van der Waals surface area contributed by atoms with Crippen molar-refractivity contribution in [1.82, 2.24) is 24.8 Å². The Bertz CT molecular complexity index is 1430. The van der Waals surface area contributed by atoms with Crippen molar-refractivity contribution in [2.75, 3.05) is 39.3 Å². The molecule has 234 valence electrons. The average Bonchev–Trinajstić information content (AvgIpc) is 3.51. The number of aromatic nitrogens is 5. The first-order valence-corrected chi connectivity index (χ1v) is 19.2. The van der Waals surface area contributed by atoms with Crippen LogP contribution in [-0.4, -0.2) is 86.9 Å². The molecular weight excluding hydrogens is 578 g/mol. The van der Waals surface area contributed by atoms with Crippen LogP contribution in [0.4, 0.5) is 0 Å². The van der Waals surface area contributed by atoms with Crippen molar-refractivity contribution < 1.29 is 31.2 Å². The average molecular weight is 624 g/mol. The molecule has 1 fully saturated rings.